The second-order valence-corrected chi connectivity index (χ2v) is 9.87. The van der Waals surface area contributed by atoms with Crippen molar-refractivity contribution in [2.24, 2.45) is 0 Å². The Balaban J connectivity index is 1.15. The van der Waals surface area contributed by atoms with Crippen LogP contribution in [0.15, 0.2) is 30.5 Å². The number of aryl methyl sites for hydroxylation is 1. The largest absolute Gasteiger partial charge is 0.370 e. The van der Waals surface area contributed by atoms with Crippen LogP contribution >= 0.6 is 0 Å². The molecule has 3 aromatic rings. The smallest absolute Gasteiger partial charge is 0.101 e. The number of hydrogen-bond donors (Lipinski definition) is 1. The average Bonchev–Trinajstić information content (AvgIpc) is 3.16. The first kappa shape index (κ1) is 21.5. The second kappa shape index (κ2) is 8.66. The Bertz CT molecular complexity index is 1260. The average molecular weight is 458 g/mol. The van der Waals surface area contributed by atoms with Crippen LogP contribution in [-0.4, -0.2) is 71.1 Å². The molecule has 2 unspecified atom stereocenters. The zero-order valence-corrected chi connectivity index (χ0v) is 19.9. The van der Waals surface area contributed by atoms with Crippen LogP contribution in [0.1, 0.15) is 35.5 Å². The van der Waals surface area contributed by atoms with Gasteiger partial charge in [-0.1, -0.05) is 0 Å². The van der Waals surface area contributed by atoms with Gasteiger partial charge in [0, 0.05) is 56.5 Å². The van der Waals surface area contributed by atoms with Gasteiger partial charge in [0.05, 0.1) is 40.7 Å². The van der Waals surface area contributed by atoms with E-state index in [9.17, 15) is 5.26 Å². The predicted octanol–water partition coefficient (Wildman–Crippen LogP) is 2.41. The number of pyridine rings is 1. The van der Waals surface area contributed by atoms with Crippen LogP contribution < -0.4 is 10.2 Å². The maximum Gasteiger partial charge on any atom is 0.101 e. The van der Waals surface area contributed by atoms with E-state index < -0.39 is 0 Å². The summed E-state index contributed by atoms with van der Waals surface area (Å²) in [6.45, 7) is 10.9. The van der Waals surface area contributed by atoms with Crippen molar-refractivity contribution in [3.63, 3.8) is 0 Å². The van der Waals surface area contributed by atoms with E-state index in [1.54, 1.807) is 6.20 Å². The van der Waals surface area contributed by atoms with Crippen LogP contribution in [0.4, 0.5) is 5.69 Å². The lowest BCUT2D eigenvalue weighted by molar-refractivity contribution is -0.0492. The Hall–Kier alpha value is -2.99. The maximum absolute atomic E-state index is 9.49. The van der Waals surface area contributed by atoms with Gasteiger partial charge in [0.15, 0.2) is 0 Å². The molecule has 34 heavy (non-hydrogen) atoms. The first-order chi connectivity index (χ1) is 16.6. The molecule has 0 saturated carbocycles. The number of nitriles is 1. The van der Waals surface area contributed by atoms with Crippen LogP contribution in [0.2, 0.25) is 0 Å². The fraction of sp³-hybridized carbons (Fsp3) is 0.500. The number of anilines is 1. The van der Waals surface area contributed by atoms with E-state index in [0.29, 0.717) is 11.6 Å². The fourth-order valence-corrected chi connectivity index (χ4v) is 5.87. The number of fused-ring (bicyclic) bond motifs is 2. The topological polar surface area (TPSA) is 82.2 Å². The van der Waals surface area contributed by atoms with Gasteiger partial charge in [-0.05, 0) is 56.6 Å². The summed E-state index contributed by atoms with van der Waals surface area (Å²) in [4.78, 5) is 9.38. The maximum atomic E-state index is 9.49. The number of rotatable bonds is 4. The summed E-state index contributed by atoms with van der Waals surface area (Å²) >= 11 is 0. The predicted molar refractivity (Wildman–Crippen MR) is 131 cm³/mol. The van der Waals surface area contributed by atoms with Crippen LogP contribution in [0.5, 0.6) is 0 Å². The monoisotopic (exact) mass is 457 g/mol. The first-order valence-electron chi connectivity index (χ1n) is 12.3. The quantitative estimate of drug-likeness (QED) is 0.644. The van der Waals surface area contributed by atoms with Crippen LogP contribution in [0.25, 0.3) is 10.9 Å². The number of nitrogens with zero attached hydrogens (tertiary/aromatic N) is 6. The number of nitrogens with one attached hydrogen (secondary N) is 1. The Labute approximate surface area is 200 Å². The molecule has 5 heterocycles. The second-order valence-electron chi connectivity index (χ2n) is 9.87. The third-order valence-corrected chi connectivity index (χ3v) is 7.44. The van der Waals surface area contributed by atoms with Gasteiger partial charge in [-0.3, -0.25) is 14.6 Å². The third kappa shape index (κ3) is 3.74. The highest BCUT2D eigenvalue weighted by atomic mass is 16.5. The van der Waals surface area contributed by atoms with Gasteiger partial charge >= 0.3 is 0 Å². The summed E-state index contributed by atoms with van der Waals surface area (Å²) in [5, 5.41) is 18.9. The first-order valence-corrected chi connectivity index (χ1v) is 12.3. The normalized spacial score (nSPS) is 23.5. The van der Waals surface area contributed by atoms with Gasteiger partial charge in [0.1, 0.15) is 6.07 Å². The molecule has 2 saturated heterocycles. The molecule has 0 amide bonds. The van der Waals surface area contributed by atoms with Crippen molar-refractivity contribution in [1.82, 2.24) is 25.0 Å². The van der Waals surface area contributed by atoms with Crippen molar-refractivity contribution in [2.75, 3.05) is 44.2 Å². The van der Waals surface area contributed by atoms with E-state index in [1.165, 1.54) is 17.0 Å². The molecule has 0 radical (unpaired) electrons. The van der Waals surface area contributed by atoms with Crippen LogP contribution in [0, 0.1) is 18.3 Å². The molecule has 8 heteroatoms. The van der Waals surface area contributed by atoms with Gasteiger partial charge in [0.2, 0.25) is 0 Å². The lowest BCUT2D eigenvalue weighted by Gasteiger charge is -2.45. The van der Waals surface area contributed by atoms with E-state index in [1.807, 2.05) is 12.1 Å². The molecule has 176 valence electrons. The fourth-order valence-electron chi connectivity index (χ4n) is 5.87. The van der Waals surface area contributed by atoms with Crippen molar-refractivity contribution in [1.29, 1.82) is 5.26 Å². The summed E-state index contributed by atoms with van der Waals surface area (Å²) in [5.41, 5.74) is 6.55. The minimum Gasteiger partial charge on any atom is -0.370 e. The number of benzene rings is 1. The van der Waals surface area contributed by atoms with Crippen LogP contribution in [0.3, 0.4) is 0 Å². The zero-order chi connectivity index (χ0) is 23.2. The van der Waals surface area contributed by atoms with Gasteiger partial charge in [-0.25, -0.2) is 0 Å². The van der Waals surface area contributed by atoms with Crippen molar-refractivity contribution < 1.29 is 4.74 Å². The Morgan fingerprint density at radius 1 is 1.21 bits per heavy atom. The molecular weight excluding hydrogens is 426 g/mol. The van der Waals surface area contributed by atoms with E-state index >= 15 is 0 Å². The van der Waals surface area contributed by atoms with Gasteiger partial charge in [-0.15, -0.1) is 0 Å². The van der Waals surface area contributed by atoms with Crippen molar-refractivity contribution in [3.05, 3.63) is 53.0 Å². The molecule has 8 nitrogen and oxygen atoms in total. The molecule has 0 spiro atoms. The minimum absolute atomic E-state index is 0.141. The highest BCUT2D eigenvalue weighted by molar-refractivity contribution is 5.95. The minimum atomic E-state index is 0.141. The van der Waals surface area contributed by atoms with Gasteiger partial charge in [-0.2, -0.15) is 10.4 Å². The number of likely N-dealkylation sites (tertiary alicyclic amines) is 1. The Morgan fingerprint density at radius 3 is 2.94 bits per heavy atom. The number of aromatic nitrogens is 3. The van der Waals surface area contributed by atoms with E-state index in [2.05, 4.69) is 56.8 Å². The molecule has 0 aliphatic carbocycles. The summed E-state index contributed by atoms with van der Waals surface area (Å²) in [7, 11) is 0. The Morgan fingerprint density at radius 2 is 2.09 bits per heavy atom. The number of morpholine rings is 1. The molecule has 6 rings (SSSR count). The molecule has 2 atom stereocenters. The lowest BCUT2D eigenvalue weighted by Crippen LogP contribution is -2.56. The summed E-state index contributed by atoms with van der Waals surface area (Å²) in [5.74, 6) is 0. The lowest BCUT2D eigenvalue weighted by atomic mass is 10.0. The summed E-state index contributed by atoms with van der Waals surface area (Å²) in [6.07, 6.45) is 3.12. The van der Waals surface area contributed by atoms with Crippen LogP contribution in [-0.2, 0) is 17.7 Å². The van der Waals surface area contributed by atoms with E-state index in [-0.39, 0.29) is 12.2 Å². The highest BCUT2D eigenvalue weighted by Crippen LogP contribution is 2.32. The summed E-state index contributed by atoms with van der Waals surface area (Å²) < 4.78 is 8.63. The Kier molecular flexibility index (Phi) is 5.48. The molecule has 2 fully saturated rings. The summed E-state index contributed by atoms with van der Waals surface area (Å²) in [6, 6.07) is 10.7. The number of hydrogen-bond acceptors (Lipinski definition) is 7. The van der Waals surface area contributed by atoms with Gasteiger partial charge < -0.3 is 15.0 Å². The molecular formula is C26H31N7O. The SMILES string of the molecule is Cc1nn(C2CN(CC3CN(c4ccc(C#N)c5ncccc45)CC(C)O3)C2)c2c1CCNC2. The molecule has 3 aliphatic heterocycles. The van der Waals surface area contributed by atoms with E-state index in [4.69, 9.17) is 9.84 Å². The van der Waals surface area contributed by atoms with E-state index in [0.717, 1.165) is 68.8 Å². The third-order valence-electron chi connectivity index (χ3n) is 7.44. The zero-order valence-electron chi connectivity index (χ0n) is 19.9. The standard InChI is InChI=1S/C26H31N7O/c1-17-12-32(24-6-5-19(10-27)26-23(24)4-3-8-29-26)16-21(34-17)15-31-13-20(14-31)33-25-11-28-9-7-22(25)18(2)30-33/h3-6,8,17,20-21,28H,7,9,11-16H2,1-2H3. The highest BCUT2D eigenvalue weighted by Gasteiger charge is 2.36. The van der Waals surface area contributed by atoms with Crippen molar-refractivity contribution in [3.8, 4) is 6.07 Å². The molecule has 0 bridgehead atoms. The molecule has 3 aliphatic rings. The van der Waals surface area contributed by atoms with Crippen molar-refractivity contribution in [2.45, 2.75) is 45.1 Å². The van der Waals surface area contributed by atoms with Crippen molar-refractivity contribution >= 4 is 16.6 Å². The molecule has 1 N–H and O–H groups in total. The van der Waals surface area contributed by atoms with Gasteiger partial charge in [0.25, 0.3) is 0 Å². The number of ether oxygens (including phenoxy) is 1. The molecule has 1 aromatic carbocycles. The molecule has 2 aromatic heterocycles.